The first-order valence-corrected chi connectivity index (χ1v) is 9.04. The first-order valence-electron chi connectivity index (χ1n) is 9.04. The van der Waals surface area contributed by atoms with Gasteiger partial charge in [-0.15, -0.1) is 0 Å². The highest BCUT2D eigenvalue weighted by atomic mass is 16.5. The quantitative estimate of drug-likeness (QED) is 0.746. The highest BCUT2D eigenvalue weighted by molar-refractivity contribution is 5.95. The minimum atomic E-state index is -0.129. The molecule has 1 saturated heterocycles. The normalized spacial score (nSPS) is 14.3. The molecule has 0 N–H and O–H groups in total. The molecule has 26 heavy (non-hydrogen) atoms. The van der Waals surface area contributed by atoms with Crippen molar-refractivity contribution in [3.05, 3.63) is 54.0 Å². The van der Waals surface area contributed by atoms with Crippen molar-refractivity contribution in [2.75, 3.05) is 32.8 Å². The molecule has 0 spiro atoms. The Morgan fingerprint density at radius 2 is 1.65 bits per heavy atom. The highest BCUT2D eigenvalue weighted by Gasteiger charge is 2.26. The molecule has 0 saturated carbocycles. The lowest BCUT2D eigenvalue weighted by Crippen LogP contribution is -2.50. The van der Waals surface area contributed by atoms with E-state index in [1.54, 1.807) is 34.1 Å². The van der Waals surface area contributed by atoms with Gasteiger partial charge in [-0.1, -0.05) is 13.3 Å². The second-order valence-electron chi connectivity index (χ2n) is 6.29. The molecule has 1 fully saturated rings. The predicted molar refractivity (Wildman–Crippen MR) is 97.4 cm³/mol. The van der Waals surface area contributed by atoms with Crippen LogP contribution in [-0.4, -0.2) is 54.4 Å². The number of nitrogens with zero attached hydrogens (tertiary/aromatic N) is 2. The van der Waals surface area contributed by atoms with Crippen molar-refractivity contribution in [2.45, 2.75) is 19.8 Å². The monoisotopic (exact) mass is 356 g/mol. The van der Waals surface area contributed by atoms with Crippen LogP contribution in [0.4, 0.5) is 0 Å². The Hall–Kier alpha value is -2.76. The van der Waals surface area contributed by atoms with E-state index in [1.165, 1.54) is 6.26 Å². The lowest BCUT2D eigenvalue weighted by molar-refractivity contribution is 0.0518. The number of hydrogen-bond acceptors (Lipinski definition) is 4. The van der Waals surface area contributed by atoms with Crippen LogP contribution in [0.1, 0.15) is 40.7 Å². The van der Waals surface area contributed by atoms with Gasteiger partial charge in [0.25, 0.3) is 11.8 Å². The van der Waals surface area contributed by atoms with Gasteiger partial charge in [-0.3, -0.25) is 9.59 Å². The summed E-state index contributed by atoms with van der Waals surface area (Å²) >= 11 is 0. The molecule has 0 radical (unpaired) electrons. The molecule has 0 unspecified atom stereocenters. The van der Waals surface area contributed by atoms with Crippen molar-refractivity contribution in [1.29, 1.82) is 0 Å². The van der Waals surface area contributed by atoms with Crippen LogP contribution in [0.2, 0.25) is 0 Å². The maximum Gasteiger partial charge on any atom is 0.289 e. The van der Waals surface area contributed by atoms with Crippen LogP contribution in [0.15, 0.2) is 47.1 Å². The number of amides is 2. The van der Waals surface area contributed by atoms with Crippen LogP contribution in [0, 0.1) is 0 Å². The zero-order chi connectivity index (χ0) is 18.4. The molecule has 0 aliphatic carbocycles. The van der Waals surface area contributed by atoms with Gasteiger partial charge in [0.2, 0.25) is 0 Å². The summed E-state index contributed by atoms with van der Waals surface area (Å²) in [5.74, 6) is 0.971. The fourth-order valence-corrected chi connectivity index (χ4v) is 2.88. The largest absolute Gasteiger partial charge is 0.494 e. The molecular formula is C20H24N2O4. The first-order chi connectivity index (χ1) is 12.7. The van der Waals surface area contributed by atoms with Crippen molar-refractivity contribution in [3.63, 3.8) is 0 Å². The van der Waals surface area contributed by atoms with Gasteiger partial charge in [0.05, 0.1) is 12.9 Å². The van der Waals surface area contributed by atoms with Gasteiger partial charge in [-0.25, -0.2) is 0 Å². The molecule has 6 heteroatoms. The van der Waals surface area contributed by atoms with Gasteiger partial charge in [-0.2, -0.15) is 0 Å². The summed E-state index contributed by atoms with van der Waals surface area (Å²) in [5.41, 5.74) is 0.638. The molecule has 138 valence electrons. The van der Waals surface area contributed by atoms with Crippen molar-refractivity contribution in [1.82, 2.24) is 9.80 Å². The number of ether oxygens (including phenoxy) is 1. The van der Waals surface area contributed by atoms with E-state index >= 15 is 0 Å². The predicted octanol–water partition coefficient (Wildman–Crippen LogP) is 3.06. The van der Waals surface area contributed by atoms with Gasteiger partial charge in [0.1, 0.15) is 5.75 Å². The van der Waals surface area contributed by atoms with E-state index in [0.29, 0.717) is 44.1 Å². The maximum absolute atomic E-state index is 12.6. The van der Waals surface area contributed by atoms with E-state index in [4.69, 9.17) is 9.15 Å². The molecule has 1 aromatic carbocycles. The Labute approximate surface area is 153 Å². The van der Waals surface area contributed by atoms with Gasteiger partial charge in [-0.05, 0) is 42.8 Å². The fourth-order valence-electron chi connectivity index (χ4n) is 2.88. The Morgan fingerprint density at radius 3 is 2.23 bits per heavy atom. The molecule has 1 aliphatic rings. The number of unbranched alkanes of at least 4 members (excludes halogenated alkanes) is 1. The van der Waals surface area contributed by atoms with E-state index in [2.05, 4.69) is 6.92 Å². The topological polar surface area (TPSA) is 63.0 Å². The molecule has 0 bridgehead atoms. The second-order valence-corrected chi connectivity index (χ2v) is 6.29. The number of carbonyl (C=O) groups excluding carboxylic acids is 2. The number of hydrogen-bond donors (Lipinski definition) is 0. The van der Waals surface area contributed by atoms with Gasteiger partial charge >= 0.3 is 0 Å². The first kappa shape index (κ1) is 18.0. The maximum atomic E-state index is 12.6. The van der Waals surface area contributed by atoms with Crippen LogP contribution in [0.25, 0.3) is 0 Å². The third-order valence-electron chi connectivity index (χ3n) is 4.45. The van der Waals surface area contributed by atoms with Gasteiger partial charge in [0.15, 0.2) is 5.76 Å². The Bertz CT molecular complexity index is 717. The van der Waals surface area contributed by atoms with Crippen LogP contribution in [0.3, 0.4) is 0 Å². The summed E-state index contributed by atoms with van der Waals surface area (Å²) < 4.78 is 10.8. The fraction of sp³-hybridized carbons (Fsp3) is 0.400. The van der Waals surface area contributed by atoms with Crippen LogP contribution in [0.5, 0.6) is 5.75 Å². The van der Waals surface area contributed by atoms with Crippen LogP contribution in [-0.2, 0) is 0 Å². The van der Waals surface area contributed by atoms with E-state index in [1.807, 2.05) is 12.1 Å². The third-order valence-corrected chi connectivity index (χ3v) is 4.45. The van der Waals surface area contributed by atoms with E-state index in [0.717, 1.165) is 18.6 Å². The SMILES string of the molecule is CCCCOc1ccc(C(=O)N2CCN(C(=O)c3ccco3)CC2)cc1. The minimum Gasteiger partial charge on any atom is -0.494 e. The summed E-state index contributed by atoms with van der Waals surface area (Å²) in [4.78, 5) is 28.4. The number of rotatable bonds is 6. The van der Waals surface area contributed by atoms with Gasteiger partial charge in [0, 0.05) is 31.7 Å². The molecule has 1 aromatic heterocycles. The molecule has 0 atom stereocenters. The third kappa shape index (κ3) is 4.25. The summed E-state index contributed by atoms with van der Waals surface area (Å²) in [6.07, 6.45) is 3.59. The van der Waals surface area contributed by atoms with E-state index in [9.17, 15) is 9.59 Å². The zero-order valence-electron chi connectivity index (χ0n) is 15.0. The lowest BCUT2D eigenvalue weighted by atomic mass is 10.1. The molecule has 2 aromatic rings. The van der Waals surface area contributed by atoms with E-state index < -0.39 is 0 Å². The molecule has 6 nitrogen and oxygen atoms in total. The second kappa shape index (κ2) is 8.56. The molecule has 1 aliphatic heterocycles. The van der Waals surface area contributed by atoms with Crippen LogP contribution >= 0.6 is 0 Å². The number of piperazine rings is 1. The number of carbonyl (C=O) groups is 2. The molecule has 2 amide bonds. The standard InChI is InChI=1S/C20H24N2O4/c1-2-3-14-25-17-8-6-16(7-9-17)19(23)21-10-12-22(13-11-21)20(24)18-5-4-15-26-18/h4-9,15H,2-3,10-14H2,1H3. The minimum absolute atomic E-state index is 0.0183. The average Bonchev–Trinajstić information content (AvgIpc) is 3.23. The number of benzene rings is 1. The van der Waals surface area contributed by atoms with Crippen molar-refractivity contribution in [2.24, 2.45) is 0 Å². The molecular weight excluding hydrogens is 332 g/mol. The smallest absolute Gasteiger partial charge is 0.289 e. The van der Waals surface area contributed by atoms with Crippen molar-refractivity contribution in [3.8, 4) is 5.75 Å². The summed E-state index contributed by atoms with van der Waals surface area (Å²) in [6, 6.07) is 10.6. The summed E-state index contributed by atoms with van der Waals surface area (Å²) in [6.45, 7) is 4.84. The lowest BCUT2D eigenvalue weighted by Gasteiger charge is -2.34. The Balaban J connectivity index is 1.52. The van der Waals surface area contributed by atoms with Gasteiger partial charge < -0.3 is 19.0 Å². The Kier molecular flexibility index (Phi) is 5.94. The average molecular weight is 356 g/mol. The number of furan rings is 1. The van der Waals surface area contributed by atoms with Crippen LogP contribution < -0.4 is 4.74 Å². The summed E-state index contributed by atoms with van der Waals surface area (Å²) in [5, 5.41) is 0. The van der Waals surface area contributed by atoms with E-state index in [-0.39, 0.29) is 11.8 Å². The van der Waals surface area contributed by atoms with Crippen molar-refractivity contribution >= 4 is 11.8 Å². The molecule has 2 heterocycles. The molecule has 3 rings (SSSR count). The highest BCUT2D eigenvalue weighted by Crippen LogP contribution is 2.16. The zero-order valence-corrected chi connectivity index (χ0v) is 15.0. The van der Waals surface area contributed by atoms with Crippen molar-refractivity contribution < 1.29 is 18.7 Å². The summed E-state index contributed by atoms with van der Waals surface area (Å²) in [7, 11) is 0. The Morgan fingerprint density at radius 1 is 1.00 bits per heavy atom.